The lowest BCUT2D eigenvalue weighted by Gasteiger charge is -2.23. The number of guanidine groups is 1. The lowest BCUT2D eigenvalue weighted by Crippen LogP contribution is -2.38. The summed E-state index contributed by atoms with van der Waals surface area (Å²) in [6.07, 6.45) is 1.80. The van der Waals surface area contributed by atoms with E-state index in [0.717, 1.165) is 30.1 Å². The zero-order chi connectivity index (χ0) is 18.0. The number of nitrogens with one attached hydrogen (secondary N) is 2. The first-order valence-corrected chi connectivity index (χ1v) is 9.82. The molecule has 0 atom stereocenters. The summed E-state index contributed by atoms with van der Waals surface area (Å²) in [5, 5.41) is 3.24. The highest BCUT2D eigenvalue weighted by Gasteiger charge is 2.09. The van der Waals surface area contributed by atoms with Crippen molar-refractivity contribution in [2.45, 2.75) is 19.9 Å². The van der Waals surface area contributed by atoms with Gasteiger partial charge in [0.15, 0.2) is 5.96 Å². The maximum absolute atomic E-state index is 11.0. The van der Waals surface area contributed by atoms with Crippen molar-refractivity contribution in [3.8, 4) is 5.75 Å². The number of sulfonamides is 1. The first kappa shape index (κ1) is 20.2. The Hall–Kier alpha value is -1.80. The predicted molar refractivity (Wildman–Crippen MR) is 97.9 cm³/mol. The Balaban J connectivity index is 2.63. The van der Waals surface area contributed by atoms with Crippen LogP contribution in [0.25, 0.3) is 0 Å². The minimum absolute atomic E-state index is 0.387. The van der Waals surface area contributed by atoms with Crippen LogP contribution in [-0.2, 0) is 16.6 Å². The van der Waals surface area contributed by atoms with Crippen molar-refractivity contribution in [2.24, 2.45) is 4.99 Å². The second kappa shape index (κ2) is 10.1. The van der Waals surface area contributed by atoms with E-state index in [2.05, 4.69) is 15.0 Å². The Morgan fingerprint density at radius 3 is 2.67 bits per heavy atom. The van der Waals surface area contributed by atoms with E-state index in [9.17, 15) is 8.42 Å². The van der Waals surface area contributed by atoms with Gasteiger partial charge < -0.3 is 15.0 Å². The maximum Gasteiger partial charge on any atom is 0.208 e. The number of ether oxygens (including phenoxy) is 1. The maximum atomic E-state index is 11.0. The molecule has 24 heavy (non-hydrogen) atoms. The van der Waals surface area contributed by atoms with Crippen LogP contribution in [-0.4, -0.2) is 59.3 Å². The van der Waals surface area contributed by atoms with Gasteiger partial charge >= 0.3 is 0 Å². The van der Waals surface area contributed by atoms with Crippen molar-refractivity contribution in [1.82, 2.24) is 14.9 Å². The molecule has 7 nitrogen and oxygen atoms in total. The van der Waals surface area contributed by atoms with Gasteiger partial charge in [0.05, 0.1) is 13.4 Å². The molecular weight excluding hydrogens is 328 g/mol. The Morgan fingerprint density at radius 1 is 1.33 bits per heavy atom. The number of methoxy groups -OCH3 is 1. The van der Waals surface area contributed by atoms with Gasteiger partial charge in [-0.2, -0.15) is 0 Å². The van der Waals surface area contributed by atoms with Gasteiger partial charge in [-0.05, 0) is 19.4 Å². The summed E-state index contributed by atoms with van der Waals surface area (Å²) in [6, 6.07) is 7.88. The van der Waals surface area contributed by atoms with E-state index >= 15 is 0 Å². The van der Waals surface area contributed by atoms with E-state index in [1.54, 1.807) is 7.11 Å². The topological polar surface area (TPSA) is 83.0 Å². The molecule has 0 amide bonds. The summed E-state index contributed by atoms with van der Waals surface area (Å²) in [5.74, 6) is 1.63. The monoisotopic (exact) mass is 356 g/mol. The molecule has 0 aliphatic rings. The van der Waals surface area contributed by atoms with Gasteiger partial charge in [0, 0.05) is 38.8 Å². The van der Waals surface area contributed by atoms with E-state index in [1.165, 1.54) is 0 Å². The molecule has 2 N–H and O–H groups in total. The second-order valence-electron chi connectivity index (χ2n) is 5.42. The van der Waals surface area contributed by atoms with Gasteiger partial charge in [0.2, 0.25) is 10.0 Å². The minimum atomic E-state index is -3.14. The number of rotatable bonds is 9. The zero-order valence-corrected chi connectivity index (χ0v) is 15.7. The van der Waals surface area contributed by atoms with E-state index in [-0.39, 0.29) is 0 Å². The standard InChI is InChI=1S/C16H28N4O3S/c1-5-17-16(18-11-8-12-19-24(4,21)22)20(2)13-14-9-6-7-10-15(14)23-3/h6-7,9-10,19H,5,8,11-13H2,1-4H3,(H,17,18). The fourth-order valence-electron chi connectivity index (χ4n) is 2.16. The average Bonchev–Trinajstić information content (AvgIpc) is 2.53. The third kappa shape index (κ3) is 7.65. The third-order valence-electron chi connectivity index (χ3n) is 3.26. The summed E-state index contributed by atoms with van der Waals surface area (Å²) < 4.78 is 29.9. The molecule has 1 aromatic carbocycles. The number of para-hydroxylation sites is 1. The molecule has 0 unspecified atom stereocenters. The Bertz CT molecular complexity index is 632. The Labute approximate surface area is 145 Å². The van der Waals surface area contributed by atoms with Crippen LogP contribution in [0, 0.1) is 0 Å². The predicted octanol–water partition coefficient (Wildman–Crippen LogP) is 1.03. The summed E-state index contributed by atoms with van der Waals surface area (Å²) in [5.41, 5.74) is 1.08. The fourth-order valence-corrected chi connectivity index (χ4v) is 2.67. The van der Waals surface area contributed by atoms with Crippen molar-refractivity contribution in [3.63, 3.8) is 0 Å². The molecule has 0 fully saturated rings. The number of nitrogens with zero attached hydrogens (tertiary/aromatic N) is 2. The molecule has 0 aromatic heterocycles. The number of hydrogen-bond acceptors (Lipinski definition) is 4. The molecule has 136 valence electrons. The van der Waals surface area contributed by atoms with Gasteiger partial charge in [-0.3, -0.25) is 4.99 Å². The van der Waals surface area contributed by atoms with Crippen molar-refractivity contribution in [2.75, 3.05) is 40.0 Å². The normalized spacial score (nSPS) is 12.1. The number of benzene rings is 1. The molecule has 1 rings (SSSR count). The van der Waals surface area contributed by atoms with Gasteiger partial charge in [-0.1, -0.05) is 18.2 Å². The van der Waals surface area contributed by atoms with Crippen LogP contribution in [0.15, 0.2) is 29.3 Å². The van der Waals surface area contributed by atoms with E-state index in [4.69, 9.17) is 4.74 Å². The average molecular weight is 356 g/mol. The highest BCUT2D eigenvalue weighted by Crippen LogP contribution is 2.18. The van der Waals surface area contributed by atoms with Crippen molar-refractivity contribution < 1.29 is 13.2 Å². The van der Waals surface area contributed by atoms with Crippen molar-refractivity contribution in [3.05, 3.63) is 29.8 Å². The van der Waals surface area contributed by atoms with Gasteiger partial charge in [0.25, 0.3) is 0 Å². The van der Waals surface area contributed by atoms with Crippen LogP contribution in [0.3, 0.4) is 0 Å². The quantitative estimate of drug-likeness (QED) is 0.392. The van der Waals surface area contributed by atoms with Crippen molar-refractivity contribution >= 4 is 16.0 Å². The lowest BCUT2D eigenvalue weighted by atomic mass is 10.2. The highest BCUT2D eigenvalue weighted by atomic mass is 32.2. The minimum Gasteiger partial charge on any atom is -0.496 e. The highest BCUT2D eigenvalue weighted by molar-refractivity contribution is 7.88. The Kier molecular flexibility index (Phi) is 8.56. The summed E-state index contributed by atoms with van der Waals surface area (Å²) in [6.45, 7) is 4.37. The largest absolute Gasteiger partial charge is 0.496 e. The van der Waals surface area contributed by atoms with Crippen LogP contribution in [0.1, 0.15) is 18.9 Å². The first-order chi connectivity index (χ1) is 11.4. The van der Waals surface area contributed by atoms with Crippen molar-refractivity contribution in [1.29, 1.82) is 0 Å². The molecule has 0 bridgehead atoms. The number of aliphatic imine (C=N–C) groups is 1. The van der Waals surface area contributed by atoms with Crippen LogP contribution in [0.4, 0.5) is 0 Å². The first-order valence-electron chi connectivity index (χ1n) is 7.93. The van der Waals surface area contributed by atoms with E-state index < -0.39 is 10.0 Å². The van der Waals surface area contributed by atoms with Crippen LogP contribution < -0.4 is 14.8 Å². The second-order valence-corrected chi connectivity index (χ2v) is 7.26. The van der Waals surface area contributed by atoms with Crippen LogP contribution in [0.5, 0.6) is 5.75 Å². The molecule has 0 spiro atoms. The van der Waals surface area contributed by atoms with Gasteiger partial charge in [-0.15, -0.1) is 0 Å². The molecule has 0 aliphatic heterocycles. The molecule has 0 aliphatic carbocycles. The van der Waals surface area contributed by atoms with E-state index in [0.29, 0.717) is 26.1 Å². The van der Waals surface area contributed by atoms with E-state index in [1.807, 2.05) is 43.1 Å². The third-order valence-corrected chi connectivity index (χ3v) is 3.99. The lowest BCUT2D eigenvalue weighted by molar-refractivity contribution is 0.396. The van der Waals surface area contributed by atoms with Gasteiger partial charge in [-0.25, -0.2) is 13.1 Å². The molecule has 8 heteroatoms. The molecule has 1 aromatic rings. The molecular formula is C16H28N4O3S. The van der Waals surface area contributed by atoms with Crippen LogP contribution in [0.2, 0.25) is 0 Å². The Morgan fingerprint density at radius 2 is 2.04 bits per heavy atom. The summed E-state index contributed by atoms with van der Waals surface area (Å²) in [4.78, 5) is 6.56. The zero-order valence-electron chi connectivity index (χ0n) is 14.9. The van der Waals surface area contributed by atoms with Crippen LogP contribution >= 0.6 is 0 Å². The smallest absolute Gasteiger partial charge is 0.208 e. The molecule has 0 saturated carbocycles. The molecule has 0 saturated heterocycles. The number of hydrogen-bond donors (Lipinski definition) is 2. The molecule has 0 radical (unpaired) electrons. The summed E-state index contributed by atoms with van der Waals surface area (Å²) >= 11 is 0. The SMILES string of the molecule is CCNC(=NCCCNS(C)(=O)=O)N(C)Cc1ccccc1OC. The fraction of sp³-hybridized carbons (Fsp3) is 0.562. The molecule has 0 heterocycles. The van der Waals surface area contributed by atoms with Gasteiger partial charge in [0.1, 0.15) is 5.75 Å². The summed E-state index contributed by atoms with van der Waals surface area (Å²) in [7, 11) is 0.482.